The molecule has 1 rings (SSSR count). The monoisotopic (exact) mass is 231 g/mol. The van der Waals surface area contributed by atoms with Crippen LogP contribution in [0.5, 0.6) is 0 Å². The van der Waals surface area contributed by atoms with Crippen molar-refractivity contribution in [2.24, 2.45) is 5.73 Å². The lowest BCUT2D eigenvalue weighted by Gasteiger charge is -2.30. The minimum Gasteiger partial charge on any atom is -0.328 e. The van der Waals surface area contributed by atoms with Crippen LogP contribution >= 0.6 is 0 Å². The van der Waals surface area contributed by atoms with E-state index >= 15 is 0 Å². The van der Waals surface area contributed by atoms with Crippen molar-refractivity contribution in [1.29, 1.82) is 5.26 Å². The molecule has 1 heterocycles. The van der Waals surface area contributed by atoms with Gasteiger partial charge in [0.2, 0.25) is 10.0 Å². The van der Waals surface area contributed by atoms with E-state index < -0.39 is 15.3 Å². The van der Waals surface area contributed by atoms with Crippen molar-refractivity contribution in [3.63, 3.8) is 0 Å². The van der Waals surface area contributed by atoms with Crippen molar-refractivity contribution >= 4 is 10.0 Å². The highest BCUT2D eigenvalue weighted by Crippen LogP contribution is 2.17. The molecular weight excluding hydrogens is 214 g/mol. The zero-order valence-corrected chi connectivity index (χ0v) is 9.70. The summed E-state index contributed by atoms with van der Waals surface area (Å²) in [6, 6.07) is 1.94. The summed E-state index contributed by atoms with van der Waals surface area (Å²) < 4.78 is 25.2. The van der Waals surface area contributed by atoms with Crippen LogP contribution in [0.1, 0.15) is 26.2 Å². The van der Waals surface area contributed by atoms with Crippen molar-refractivity contribution in [3.05, 3.63) is 0 Å². The fourth-order valence-electron chi connectivity index (χ4n) is 1.68. The topological polar surface area (TPSA) is 87.2 Å². The molecule has 86 valence electrons. The van der Waals surface area contributed by atoms with Crippen molar-refractivity contribution in [2.45, 2.75) is 37.5 Å². The smallest absolute Gasteiger partial charge is 0.230 e. The maximum Gasteiger partial charge on any atom is 0.230 e. The van der Waals surface area contributed by atoms with Gasteiger partial charge in [0.15, 0.2) is 5.25 Å². The van der Waals surface area contributed by atoms with Gasteiger partial charge in [-0.1, -0.05) is 6.92 Å². The van der Waals surface area contributed by atoms with Gasteiger partial charge in [-0.3, -0.25) is 0 Å². The Morgan fingerprint density at radius 2 is 2.07 bits per heavy atom. The SMILES string of the molecule is CCC(C#N)S(=O)(=O)N1CCC(N)CC1. The number of hydrogen-bond acceptors (Lipinski definition) is 4. The molecule has 0 radical (unpaired) electrons. The van der Waals surface area contributed by atoms with E-state index in [0.29, 0.717) is 32.4 Å². The number of piperidine rings is 1. The molecule has 1 saturated heterocycles. The summed E-state index contributed by atoms with van der Waals surface area (Å²) in [5, 5.41) is 7.85. The van der Waals surface area contributed by atoms with Gasteiger partial charge in [-0.15, -0.1) is 0 Å². The lowest BCUT2D eigenvalue weighted by molar-refractivity contribution is 0.318. The van der Waals surface area contributed by atoms with E-state index in [2.05, 4.69) is 0 Å². The van der Waals surface area contributed by atoms with E-state index in [4.69, 9.17) is 11.0 Å². The van der Waals surface area contributed by atoms with Gasteiger partial charge in [0.1, 0.15) is 0 Å². The Bertz CT molecular complexity index is 339. The summed E-state index contributed by atoms with van der Waals surface area (Å²) >= 11 is 0. The molecule has 0 saturated carbocycles. The fraction of sp³-hybridized carbons (Fsp3) is 0.889. The molecular formula is C9H17N3O2S. The second-order valence-corrected chi connectivity index (χ2v) is 5.92. The van der Waals surface area contributed by atoms with E-state index in [1.165, 1.54) is 4.31 Å². The minimum atomic E-state index is -3.43. The Morgan fingerprint density at radius 3 is 2.47 bits per heavy atom. The molecule has 0 aromatic heterocycles. The predicted octanol–water partition coefficient (Wildman–Crippen LogP) is 0.0415. The summed E-state index contributed by atoms with van der Waals surface area (Å²) in [5.41, 5.74) is 5.69. The second kappa shape index (κ2) is 4.92. The molecule has 0 bridgehead atoms. The van der Waals surface area contributed by atoms with Gasteiger partial charge in [-0.25, -0.2) is 12.7 Å². The Hall–Kier alpha value is -0.640. The zero-order chi connectivity index (χ0) is 11.5. The minimum absolute atomic E-state index is 0.0959. The van der Waals surface area contributed by atoms with Crippen LogP contribution in [0.25, 0.3) is 0 Å². The van der Waals surface area contributed by atoms with E-state index in [-0.39, 0.29) is 6.04 Å². The highest BCUT2D eigenvalue weighted by molar-refractivity contribution is 7.90. The van der Waals surface area contributed by atoms with Crippen LogP contribution < -0.4 is 5.73 Å². The molecule has 1 atom stereocenters. The summed E-state index contributed by atoms with van der Waals surface area (Å²) in [6.45, 7) is 2.60. The average Bonchev–Trinajstić information content (AvgIpc) is 2.19. The summed E-state index contributed by atoms with van der Waals surface area (Å²) in [6.07, 6.45) is 1.70. The summed E-state index contributed by atoms with van der Waals surface area (Å²) in [5.74, 6) is 0. The third-order valence-electron chi connectivity index (χ3n) is 2.73. The van der Waals surface area contributed by atoms with E-state index in [9.17, 15) is 8.42 Å². The molecule has 1 aliphatic heterocycles. The third-order valence-corrected chi connectivity index (χ3v) is 4.98. The highest BCUT2D eigenvalue weighted by Gasteiger charge is 2.32. The van der Waals surface area contributed by atoms with Gasteiger partial charge in [-0.2, -0.15) is 5.26 Å². The molecule has 1 aliphatic rings. The number of nitriles is 1. The van der Waals surface area contributed by atoms with Crippen LogP contribution in [0.2, 0.25) is 0 Å². The number of nitrogens with zero attached hydrogens (tertiary/aromatic N) is 2. The molecule has 0 aliphatic carbocycles. The first-order chi connectivity index (χ1) is 7.02. The predicted molar refractivity (Wildman–Crippen MR) is 57.4 cm³/mol. The molecule has 6 heteroatoms. The summed E-state index contributed by atoms with van der Waals surface area (Å²) in [4.78, 5) is 0. The average molecular weight is 231 g/mol. The van der Waals surface area contributed by atoms with Crippen LogP contribution in [-0.4, -0.2) is 37.1 Å². The van der Waals surface area contributed by atoms with E-state index in [1.54, 1.807) is 6.92 Å². The fourth-order valence-corrected chi connectivity index (χ4v) is 3.31. The van der Waals surface area contributed by atoms with Crippen molar-refractivity contribution in [2.75, 3.05) is 13.1 Å². The van der Waals surface area contributed by atoms with Gasteiger partial charge < -0.3 is 5.73 Å². The van der Waals surface area contributed by atoms with Gasteiger partial charge >= 0.3 is 0 Å². The Kier molecular flexibility index (Phi) is 4.08. The van der Waals surface area contributed by atoms with E-state index in [0.717, 1.165) is 0 Å². The molecule has 1 unspecified atom stereocenters. The van der Waals surface area contributed by atoms with Gasteiger partial charge in [0, 0.05) is 19.1 Å². The van der Waals surface area contributed by atoms with Crippen molar-refractivity contribution in [1.82, 2.24) is 4.31 Å². The molecule has 0 aromatic rings. The standard InChI is InChI=1S/C9H17N3O2S/c1-2-9(7-10)15(13,14)12-5-3-8(11)4-6-12/h8-9H,2-6,11H2,1H3. The third kappa shape index (κ3) is 2.68. The molecule has 1 fully saturated rings. The first-order valence-corrected chi connectivity index (χ1v) is 6.66. The number of sulfonamides is 1. The van der Waals surface area contributed by atoms with Crippen LogP contribution in [-0.2, 0) is 10.0 Å². The van der Waals surface area contributed by atoms with Crippen LogP contribution in [0, 0.1) is 11.3 Å². The highest BCUT2D eigenvalue weighted by atomic mass is 32.2. The maximum absolute atomic E-state index is 11.9. The zero-order valence-electron chi connectivity index (χ0n) is 8.89. The maximum atomic E-state index is 11.9. The molecule has 0 amide bonds. The van der Waals surface area contributed by atoms with Crippen molar-refractivity contribution < 1.29 is 8.42 Å². The van der Waals surface area contributed by atoms with Crippen LogP contribution in [0.15, 0.2) is 0 Å². The summed E-state index contributed by atoms with van der Waals surface area (Å²) in [7, 11) is -3.43. The number of rotatable bonds is 3. The number of hydrogen-bond donors (Lipinski definition) is 1. The molecule has 2 N–H and O–H groups in total. The lowest BCUT2D eigenvalue weighted by Crippen LogP contribution is -2.46. The molecule has 0 spiro atoms. The second-order valence-electron chi connectivity index (χ2n) is 3.81. The lowest BCUT2D eigenvalue weighted by atomic mass is 10.1. The Balaban J connectivity index is 2.75. The normalized spacial score (nSPS) is 22.2. The van der Waals surface area contributed by atoms with E-state index in [1.807, 2.05) is 6.07 Å². The Morgan fingerprint density at radius 1 is 1.53 bits per heavy atom. The first-order valence-electron chi connectivity index (χ1n) is 5.16. The van der Waals surface area contributed by atoms with Gasteiger partial charge in [-0.05, 0) is 19.3 Å². The Labute approximate surface area is 90.9 Å². The van der Waals surface area contributed by atoms with Crippen LogP contribution in [0.4, 0.5) is 0 Å². The first kappa shape index (κ1) is 12.4. The largest absolute Gasteiger partial charge is 0.328 e. The molecule has 0 aromatic carbocycles. The quantitative estimate of drug-likeness (QED) is 0.743. The molecule has 15 heavy (non-hydrogen) atoms. The van der Waals surface area contributed by atoms with Crippen LogP contribution in [0.3, 0.4) is 0 Å². The molecule has 5 nitrogen and oxygen atoms in total. The number of nitrogens with two attached hydrogens (primary N) is 1. The van der Waals surface area contributed by atoms with Gasteiger partial charge in [0.05, 0.1) is 6.07 Å². The van der Waals surface area contributed by atoms with Gasteiger partial charge in [0.25, 0.3) is 0 Å². The van der Waals surface area contributed by atoms with Crippen molar-refractivity contribution in [3.8, 4) is 6.07 Å².